The van der Waals surface area contributed by atoms with E-state index in [1.807, 2.05) is 30.3 Å². The quantitative estimate of drug-likeness (QED) is 0.856. The third-order valence-corrected chi connectivity index (χ3v) is 4.29. The van der Waals surface area contributed by atoms with Crippen molar-refractivity contribution in [3.05, 3.63) is 30.3 Å². The Labute approximate surface area is 121 Å². The fourth-order valence-corrected chi connectivity index (χ4v) is 2.79. The van der Waals surface area contributed by atoms with Crippen molar-refractivity contribution in [3.63, 3.8) is 0 Å². The van der Waals surface area contributed by atoms with E-state index in [9.17, 15) is 0 Å². The molecule has 0 radical (unpaired) electrons. The lowest BCUT2D eigenvalue weighted by atomic mass is 10.0. The summed E-state index contributed by atoms with van der Waals surface area (Å²) >= 11 is 5.50. The molecule has 0 aliphatic carbocycles. The van der Waals surface area contributed by atoms with Gasteiger partial charge in [0.15, 0.2) is 5.11 Å². The van der Waals surface area contributed by atoms with Crippen LogP contribution in [0.4, 0.5) is 5.69 Å². The van der Waals surface area contributed by atoms with Gasteiger partial charge in [-0.25, -0.2) is 0 Å². The molecule has 1 aromatic rings. The number of para-hydroxylation sites is 1. The zero-order valence-corrected chi connectivity index (χ0v) is 12.6. The van der Waals surface area contributed by atoms with Crippen molar-refractivity contribution < 1.29 is 0 Å². The van der Waals surface area contributed by atoms with Crippen LogP contribution in [0.25, 0.3) is 0 Å². The maximum atomic E-state index is 5.50. The van der Waals surface area contributed by atoms with Gasteiger partial charge in [0.25, 0.3) is 0 Å². The molecule has 1 aliphatic heterocycles. The highest BCUT2D eigenvalue weighted by Crippen LogP contribution is 2.16. The van der Waals surface area contributed by atoms with Gasteiger partial charge in [-0.05, 0) is 43.7 Å². The number of hydrogen-bond donors (Lipinski definition) is 1. The second-order valence-electron chi connectivity index (χ2n) is 5.07. The molecule has 0 aromatic heterocycles. The van der Waals surface area contributed by atoms with Crippen LogP contribution in [0, 0.1) is 0 Å². The molecule has 3 nitrogen and oxygen atoms in total. The van der Waals surface area contributed by atoms with Gasteiger partial charge < -0.3 is 15.1 Å². The lowest BCUT2D eigenvalue weighted by molar-refractivity contribution is 0.173. The van der Waals surface area contributed by atoms with Crippen LogP contribution in [-0.2, 0) is 0 Å². The van der Waals surface area contributed by atoms with E-state index in [1.54, 1.807) is 0 Å². The van der Waals surface area contributed by atoms with E-state index in [4.69, 9.17) is 12.2 Å². The number of anilines is 1. The van der Waals surface area contributed by atoms with Gasteiger partial charge >= 0.3 is 0 Å². The Kier molecular flexibility index (Phi) is 5.16. The van der Waals surface area contributed by atoms with Crippen molar-refractivity contribution >= 4 is 23.0 Å². The van der Waals surface area contributed by atoms with Crippen LogP contribution in [0.15, 0.2) is 30.3 Å². The Bertz CT molecular complexity index is 399. The highest BCUT2D eigenvalue weighted by Gasteiger charge is 2.22. The van der Waals surface area contributed by atoms with Crippen LogP contribution >= 0.6 is 12.2 Å². The molecule has 1 aliphatic rings. The molecule has 104 valence electrons. The third-order valence-electron chi connectivity index (χ3n) is 3.90. The molecule has 1 aromatic carbocycles. The maximum Gasteiger partial charge on any atom is 0.173 e. The SMILES string of the molecule is CCN1CCC(N(C)C(=S)Nc2ccccc2)CC1. The number of nitrogens with zero attached hydrogens (tertiary/aromatic N) is 2. The summed E-state index contributed by atoms with van der Waals surface area (Å²) < 4.78 is 0. The minimum Gasteiger partial charge on any atom is -0.349 e. The van der Waals surface area contributed by atoms with Crippen molar-refractivity contribution in [1.29, 1.82) is 0 Å². The van der Waals surface area contributed by atoms with Gasteiger partial charge in [-0.3, -0.25) is 0 Å². The third kappa shape index (κ3) is 3.91. The number of hydrogen-bond acceptors (Lipinski definition) is 2. The standard InChI is InChI=1S/C15H23N3S/c1-3-18-11-9-14(10-12-18)17(2)15(19)16-13-7-5-4-6-8-13/h4-8,14H,3,9-12H2,1-2H3,(H,16,19). The van der Waals surface area contributed by atoms with Crippen molar-refractivity contribution in [1.82, 2.24) is 9.80 Å². The molecular formula is C15H23N3S. The molecule has 0 atom stereocenters. The summed E-state index contributed by atoms with van der Waals surface area (Å²) in [7, 11) is 2.10. The largest absolute Gasteiger partial charge is 0.349 e. The maximum absolute atomic E-state index is 5.50. The van der Waals surface area contributed by atoms with Gasteiger partial charge in [0, 0.05) is 31.9 Å². The lowest BCUT2D eigenvalue weighted by Crippen LogP contribution is -2.46. The number of piperidine rings is 1. The Hall–Kier alpha value is -1.13. The Morgan fingerprint density at radius 1 is 1.32 bits per heavy atom. The molecule has 0 bridgehead atoms. The molecule has 0 unspecified atom stereocenters. The van der Waals surface area contributed by atoms with Crippen LogP contribution in [0.2, 0.25) is 0 Å². The number of rotatable bonds is 3. The van der Waals surface area contributed by atoms with Gasteiger partial charge in [0.05, 0.1) is 0 Å². The molecular weight excluding hydrogens is 254 g/mol. The lowest BCUT2D eigenvalue weighted by Gasteiger charge is -2.37. The average Bonchev–Trinajstić information content (AvgIpc) is 2.47. The van der Waals surface area contributed by atoms with E-state index in [0.717, 1.165) is 17.3 Å². The Morgan fingerprint density at radius 2 is 1.95 bits per heavy atom. The minimum atomic E-state index is 0.562. The molecule has 4 heteroatoms. The van der Waals surface area contributed by atoms with Crippen LogP contribution in [0.1, 0.15) is 19.8 Å². The zero-order chi connectivity index (χ0) is 13.7. The number of likely N-dealkylation sites (tertiary alicyclic amines) is 1. The number of thiocarbonyl (C=S) groups is 1. The summed E-state index contributed by atoms with van der Waals surface area (Å²) in [6, 6.07) is 10.7. The summed E-state index contributed by atoms with van der Waals surface area (Å²) in [5.74, 6) is 0. The average molecular weight is 277 g/mol. The second-order valence-corrected chi connectivity index (χ2v) is 5.46. The molecule has 2 rings (SSSR count). The summed E-state index contributed by atoms with van der Waals surface area (Å²) in [6.07, 6.45) is 2.39. The van der Waals surface area contributed by atoms with Gasteiger partial charge in [-0.1, -0.05) is 25.1 Å². The van der Waals surface area contributed by atoms with Crippen LogP contribution in [-0.4, -0.2) is 47.6 Å². The summed E-state index contributed by atoms with van der Waals surface area (Å²) in [5.41, 5.74) is 1.06. The molecule has 19 heavy (non-hydrogen) atoms. The first-order valence-electron chi connectivity index (χ1n) is 7.02. The second kappa shape index (κ2) is 6.87. The van der Waals surface area contributed by atoms with E-state index in [-0.39, 0.29) is 0 Å². The molecule has 0 saturated carbocycles. The fourth-order valence-electron chi connectivity index (χ4n) is 2.52. The molecule has 0 spiro atoms. The molecule has 1 heterocycles. The van der Waals surface area contributed by atoms with E-state index in [2.05, 4.69) is 29.1 Å². The monoisotopic (exact) mass is 277 g/mol. The molecule has 1 N–H and O–H groups in total. The van der Waals surface area contributed by atoms with Crippen molar-refractivity contribution in [2.75, 3.05) is 32.0 Å². The number of benzene rings is 1. The van der Waals surface area contributed by atoms with E-state index >= 15 is 0 Å². The first-order chi connectivity index (χ1) is 9.20. The highest BCUT2D eigenvalue weighted by molar-refractivity contribution is 7.80. The van der Waals surface area contributed by atoms with Gasteiger partial charge in [0.1, 0.15) is 0 Å². The summed E-state index contributed by atoms with van der Waals surface area (Å²) in [6.45, 7) is 5.74. The summed E-state index contributed by atoms with van der Waals surface area (Å²) in [5, 5.41) is 4.13. The van der Waals surface area contributed by atoms with Crippen molar-refractivity contribution in [2.24, 2.45) is 0 Å². The highest BCUT2D eigenvalue weighted by atomic mass is 32.1. The van der Waals surface area contributed by atoms with Gasteiger partial charge in [-0.15, -0.1) is 0 Å². The normalized spacial score (nSPS) is 17.2. The van der Waals surface area contributed by atoms with Crippen LogP contribution in [0.5, 0.6) is 0 Å². The topological polar surface area (TPSA) is 18.5 Å². The molecule has 1 saturated heterocycles. The Balaban J connectivity index is 1.86. The zero-order valence-electron chi connectivity index (χ0n) is 11.8. The molecule has 0 amide bonds. The van der Waals surface area contributed by atoms with Crippen molar-refractivity contribution in [3.8, 4) is 0 Å². The predicted molar refractivity (Wildman–Crippen MR) is 85.6 cm³/mol. The summed E-state index contributed by atoms with van der Waals surface area (Å²) in [4.78, 5) is 4.72. The van der Waals surface area contributed by atoms with Crippen LogP contribution < -0.4 is 5.32 Å². The minimum absolute atomic E-state index is 0.562. The van der Waals surface area contributed by atoms with E-state index in [1.165, 1.54) is 25.9 Å². The van der Waals surface area contributed by atoms with E-state index < -0.39 is 0 Å². The first kappa shape index (κ1) is 14.3. The van der Waals surface area contributed by atoms with Gasteiger partial charge in [0.2, 0.25) is 0 Å². The Morgan fingerprint density at radius 3 is 2.53 bits per heavy atom. The number of nitrogens with one attached hydrogen (secondary N) is 1. The predicted octanol–water partition coefficient (Wildman–Crippen LogP) is 2.80. The smallest absolute Gasteiger partial charge is 0.173 e. The fraction of sp³-hybridized carbons (Fsp3) is 0.533. The first-order valence-corrected chi connectivity index (χ1v) is 7.42. The van der Waals surface area contributed by atoms with Crippen LogP contribution in [0.3, 0.4) is 0 Å². The van der Waals surface area contributed by atoms with Gasteiger partial charge in [-0.2, -0.15) is 0 Å². The van der Waals surface area contributed by atoms with E-state index in [0.29, 0.717) is 6.04 Å². The molecule has 1 fully saturated rings. The van der Waals surface area contributed by atoms with Crippen molar-refractivity contribution in [2.45, 2.75) is 25.8 Å².